The summed E-state index contributed by atoms with van der Waals surface area (Å²) in [7, 11) is 0. The van der Waals surface area contributed by atoms with Gasteiger partial charge in [-0.25, -0.2) is 4.68 Å². The van der Waals surface area contributed by atoms with Crippen molar-refractivity contribution in [3.05, 3.63) is 64.4 Å². The summed E-state index contributed by atoms with van der Waals surface area (Å²) in [6.07, 6.45) is -0.570. The number of ether oxygens (including phenoxy) is 1. The van der Waals surface area contributed by atoms with E-state index in [9.17, 15) is 9.90 Å². The maximum atomic E-state index is 12.3. The van der Waals surface area contributed by atoms with E-state index in [4.69, 9.17) is 10.00 Å². The molecular weight excluding hydrogens is 320 g/mol. The zero-order chi connectivity index (χ0) is 17.6. The topological polar surface area (TPSA) is 101 Å². The number of nitrogens with zero attached hydrogens (tertiary/aromatic N) is 4. The third-order valence-electron chi connectivity index (χ3n) is 3.66. The summed E-state index contributed by atoms with van der Waals surface area (Å²) in [5.74, 6) is 0.581. The molecule has 0 bridgehead atoms. The molecule has 126 valence electrons. The van der Waals surface area contributed by atoms with Gasteiger partial charge in [-0.3, -0.25) is 4.79 Å². The molecular formula is C18H16N4O3. The van der Waals surface area contributed by atoms with E-state index in [2.05, 4.69) is 16.4 Å². The monoisotopic (exact) mass is 336 g/mol. The lowest BCUT2D eigenvalue weighted by molar-refractivity contribution is 0.0873. The number of rotatable bonds is 6. The molecule has 0 amide bonds. The zero-order valence-corrected chi connectivity index (χ0v) is 13.4. The Kier molecular flexibility index (Phi) is 5.02. The lowest BCUT2D eigenvalue weighted by Crippen LogP contribution is -2.32. The molecule has 1 aromatic heterocycles. The van der Waals surface area contributed by atoms with Crippen LogP contribution in [0.3, 0.4) is 0 Å². The number of hydrogen-bond donors (Lipinski definition) is 1. The quantitative estimate of drug-likeness (QED) is 0.728. The van der Waals surface area contributed by atoms with Crippen molar-refractivity contribution >= 4 is 10.9 Å². The number of aliphatic hydroxyl groups excluding tert-OH is 1. The Balaban J connectivity index is 1.63. The largest absolute Gasteiger partial charge is 0.491 e. The van der Waals surface area contributed by atoms with Gasteiger partial charge in [-0.1, -0.05) is 29.5 Å². The van der Waals surface area contributed by atoms with Crippen molar-refractivity contribution in [2.75, 3.05) is 6.61 Å². The molecule has 0 aliphatic carbocycles. The Labute approximate surface area is 143 Å². The molecule has 7 nitrogen and oxygen atoms in total. The predicted octanol–water partition coefficient (Wildman–Crippen LogP) is 1.30. The van der Waals surface area contributed by atoms with E-state index >= 15 is 0 Å². The number of aliphatic hydroxyl groups is 1. The molecule has 3 rings (SSSR count). The van der Waals surface area contributed by atoms with Crippen molar-refractivity contribution in [1.29, 1.82) is 5.26 Å². The second-order valence-corrected chi connectivity index (χ2v) is 5.54. The molecule has 1 unspecified atom stereocenters. The standard InChI is InChI=1S/C18H16N4O3/c19-10-9-13-5-7-15(8-6-13)25-12-14(23)11-22-18(24)16-3-1-2-4-17(16)20-21-22/h1-8,14,23H,9,11-12H2. The van der Waals surface area contributed by atoms with Crippen molar-refractivity contribution in [2.24, 2.45) is 0 Å². The second-order valence-electron chi connectivity index (χ2n) is 5.54. The van der Waals surface area contributed by atoms with E-state index in [0.717, 1.165) is 10.2 Å². The third kappa shape index (κ3) is 4.00. The summed E-state index contributed by atoms with van der Waals surface area (Å²) >= 11 is 0. The summed E-state index contributed by atoms with van der Waals surface area (Å²) in [6.45, 7) is 0.00171. The minimum absolute atomic E-state index is 0.0107. The van der Waals surface area contributed by atoms with Crippen LogP contribution in [0.25, 0.3) is 10.9 Å². The summed E-state index contributed by atoms with van der Waals surface area (Å²) in [5.41, 5.74) is 1.12. The van der Waals surface area contributed by atoms with E-state index in [1.54, 1.807) is 48.5 Å². The van der Waals surface area contributed by atoms with Gasteiger partial charge in [-0.15, -0.1) is 5.10 Å². The molecule has 0 saturated heterocycles. The molecule has 1 heterocycles. The highest BCUT2D eigenvalue weighted by Gasteiger charge is 2.11. The van der Waals surface area contributed by atoms with E-state index < -0.39 is 6.10 Å². The number of hydrogen-bond acceptors (Lipinski definition) is 6. The molecule has 0 spiro atoms. The Morgan fingerprint density at radius 3 is 2.72 bits per heavy atom. The molecule has 0 saturated carbocycles. The molecule has 7 heteroatoms. The van der Waals surface area contributed by atoms with Crippen LogP contribution < -0.4 is 10.3 Å². The van der Waals surface area contributed by atoms with Gasteiger partial charge in [0.2, 0.25) is 0 Å². The van der Waals surface area contributed by atoms with Gasteiger partial charge in [0.05, 0.1) is 24.4 Å². The van der Waals surface area contributed by atoms with Crippen molar-refractivity contribution < 1.29 is 9.84 Å². The van der Waals surface area contributed by atoms with E-state index in [0.29, 0.717) is 23.1 Å². The van der Waals surface area contributed by atoms with Gasteiger partial charge in [-0.2, -0.15) is 5.26 Å². The number of fused-ring (bicyclic) bond motifs is 1. The predicted molar refractivity (Wildman–Crippen MR) is 91.1 cm³/mol. The van der Waals surface area contributed by atoms with Crippen molar-refractivity contribution in [3.63, 3.8) is 0 Å². The lowest BCUT2D eigenvalue weighted by Gasteiger charge is -2.13. The van der Waals surface area contributed by atoms with E-state index in [1.807, 2.05) is 0 Å². The molecule has 1 atom stereocenters. The highest BCUT2D eigenvalue weighted by atomic mass is 16.5. The molecule has 2 aromatic carbocycles. The maximum Gasteiger partial charge on any atom is 0.277 e. The fraction of sp³-hybridized carbons (Fsp3) is 0.222. The van der Waals surface area contributed by atoms with Crippen molar-refractivity contribution in [3.8, 4) is 11.8 Å². The summed E-state index contributed by atoms with van der Waals surface area (Å²) in [5, 5.41) is 27.0. The zero-order valence-electron chi connectivity index (χ0n) is 13.4. The summed E-state index contributed by atoms with van der Waals surface area (Å²) < 4.78 is 6.64. The first-order chi connectivity index (χ1) is 12.2. The van der Waals surface area contributed by atoms with Gasteiger partial charge in [-0.05, 0) is 29.8 Å². The van der Waals surface area contributed by atoms with Crippen LogP contribution in [-0.2, 0) is 13.0 Å². The Bertz CT molecular complexity index is 960. The van der Waals surface area contributed by atoms with E-state index in [-0.39, 0.29) is 18.7 Å². The maximum absolute atomic E-state index is 12.3. The molecule has 3 aromatic rings. The van der Waals surface area contributed by atoms with Crippen LogP contribution in [0.15, 0.2) is 53.3 Å². The van der Waals surface area contributed by atoms with Crippen LogP contribution in [0.2, 0.25) is 0 Å². The van der Waals surface area contributed by atoms with Crippen LogP contribution >= 0.6 is 0 Å². The van der Waals surface area contributed by atoms with Crippen molar-refractivity contribution in [2.45, 2.75) is 19.1 Å². The number of nitriles is 1. The first kappa shape index (κ1) is 16.6. The van der Waals surface area contributed by atoms with Crippen LogP contribution in [0.1, 0.15) is 5.56 Å². The third-order valence-corrected chi connectivity index (χ3v) is 3.66. The molecule has 0 fully saturated rings. The smallest absolute Gasteiger partial charge is 0.277 e. The Morgan fingerprint density at radius 2 is 1.96 bits per heavy atom. The first-order valence-electron chi connectivity index (χ1n) is 7.76. The molecule has 1 N–H and O–H groups in total. The lowest BCUT2D eigenvalue weighted by atomic mass is 10.2. The summed E-state index contributed by atoms with van der Waals surface area (Å²) in [6, 6.07) is 16.1. The fourth-order valence-electron chi connectivity index (χ4n) is 2.38. The average molecular weight is 336 g/mol. The minimum atomic E-state index is -0.910. The van der Waals surface area contributed by atoms with Crippen LogP contribution in [0.5, 0.6) is 5.75 Å². The molecule has 25 heavy (non-hydrogen) atoms. The van der Waals surface area contributed by atoms with Gasteiger partial charge in [0, 0.05) is 0 Å². The molecule has 0 radical (unpaired) electrons. The van der Waals surface area contributed by atoms with Crippen LogP contribution in [0, 0.1) is 11.3 Å². The van der Waals surface area contributed by atoms with Gasteiger partial charge in [0.15, 0.2) is 0 Å². The SMILES string of the molecule is N#CCc1ccc(OCC(O)Cn2nnc3ccccc3c2=O)cc1. The Morgan fingerprint density at radius 1 is 1.20 bits per heavy atom. The summed E-state index contributed by atoms with van der Waals surface area (Å²) in [4.78, 5) is 12.3. The molecule has 0 aliphatic heterocycles. The number of benzene rings is 2. The van der Waals surface area contributed by atoms with Crippen LogP contribution in [-0.4, -0.2) is 32.8 Å². The molecule has 0 aliphatic rings. The van der Waals surface area contributed by atoms with Gasteiger partial charge >= 0.3 is 0 Å². The number of aromatic nitrogens is 3. The van der Waals surface area contributed by atoms with Gasteiger partial charge < -0.3 is 9.84 Å². The van der Waals surface area contributed by atoms with Crippen molar-refractivity contribution in [1.82, 2.24) is 15.0 Å². The van der Waals surface area contributed by atoms with Crippen LogP contribution in [0.4, 0.5) is 0 Å². The highest BCUT2D eigenvalue weighted by molar-refractivity contribution is 5.76. The second kappa shape index (κ2) is 7.55. The fourth-order valence-corrected chi connectivity index (χ4v) is 2.38. The average Bonchev–Trinajstić information content (AvgIpc) is 2.64. The minimum Gasteiger partial charge on any atom is -0.491 e. The van der Waals surface area contributed by atoms with Gasteiger partial charge in [0.25, 0.3) is 5.56 Å². The Hall–Kier alpha value is -3.24. The van der Waals surface area contributed by atoms with E-state index in [1.165, 1.54) is 0 Å². The highest BCUT2D eigenvalue weighted by Crippen LogP contribution is 2.13. The first-order valence-corrected chi connectivity index (χ1v) is 7.76. The van der Waals surface area contributed by atoms with Gasteiger partial charge in [0.1, 0.15) is 24.0 Å². The normalized spacial score (nSPS) is 11.8.